The van der Waals surface area contributed by atoms with Crippen LogP contribution in [0.15, 0.2) is 29.1 Å². The van der Waals surface area contributed by atoms with Crippen LogP contribution in [0.1, 0.15) is 50.0 Å². The van der Waals surface area contributed by atoms with E-state index in [1.54, 1.807) is 24.3 Å². The van der Waals surface area contributed by atoms with Gasteiger partial charge in [0, 0.05) is 18.0 Å². The van der Waals surface area contributed by atoms with E-state index in [4.69, 9.17) is 0 Å². The number of hydrogen-bond acceptors (Lipinski definition) is 3. The van der Waals surface area contributed by atoms with E-state index in [-0.39, 0.29) is 30.0 Å². The number of benzene rings is 1. The first-order chi connectivity index (χ1) is 13.2. The minimum atomic E-state index is -4.36. The molecule has 0 spiro atoms. The van der Waals surface area contributed by atoms with Gasteiger partial charge in [-0.25, -0.2) is 4.68 Å². The molecule has 0 radical (unpaired) electrons. The molecule has 2 aromatic rings. The molecule has 1 aliphatic carbocycles. The molecule has 0 aliphatic heterocycles. The Kier molecular flexibility index (Phi) is 5.76. The van der Waals surface area contributed by atoms with E-state index in [9.17, 15) is 22.8 Å². The SMILES string of the molecule is CC(C)Cn1nc(C(=O)NC2CCCCC2C(F)(F)F)c2ccccc2c1=O. The average Bonchev–Trinajstić information content (AvgIpc) is 2.63. The van der Waals surface area contributed by atoms with Crippen molar-refractivity contribution in [2.45, 2.75) is 58.3 Å². The number of alkyl halides is 3. The number of carbonyl (C=O) groups excluding carboxylic acids is 1. The zero-order chi connectivity index (χ0) is 20.5. The predicted octanol–water partition coefficient (Wildman–Crippen LogP) is 3.90. The fraction of sp³-hybridized carbons (Fsp3) is 0.550. The van der Waals surface area contributed by atoms with Gasteiger partial charge in [0.1, 0.15) is 0 Å². The van der Waals surface area contributed by atoms with Crippen LogP contribution < -0.4 is 10.9 Å². The minimum Gasteiger partial charge on any atom is -0.347 e. The van der Waals surface area contributed by atoms with Gasteiger partial charge < -0.3 is 5.32 Å². The molecular weight excluding hydrogens is 371 g/mol. The van der Waals surface area contributed by atoms with E-state index in [1.165, 1.54) is 4.68 Å². The van der Waals surface area contributed by atoms with Crippen molar-refractivity contribution < 1.29 is 18.0 Å². The molecule has 1 saturated carbocycles. The van der Waals surface area contributed by atoms with Gasteiger partial charge in [-0.05, 0) is 24.8 Å². The fourth-order valence-electron chi connectivity index (χ4n) is 3.80. The van der Waals surface area contributed by atoms with E-state index < -0.39 is 24.0 Å². The van der Waals surface area contributed by atoms with Crippen molar-refractivity contribution in [2.75, 3.05) is 0 Å². The third-order valence-corrected chi connectivity index (χ3v) is 5.12. The van der Waals surface area contributed by atoms with E-state index >= 15 is 0 Å². The summed E-state index contributed by atoms with van der Waals surface area (Å²) in [5.74, 6) is -2.11. The highest BCUT2D eigenvalue weighted by Gasteiger charge is 2.46. The van der Waals surface area contributed by atoms with Gasteiger partial charge in [-0.1, -0.05) is 44.9 Å². The number of halogens is 3. The van der Waals surface area contributed by atoms with Crippen molar-refractivity contribution in [3.8, 4) is 0 Å². The van der Waals surface area contributed by atoms with Gasteiger partial charge in [0.25, 0.3) is 11.5 Å². The zero-order valence-corrected chi connectivity index (χ0v) is 15.9. The van der Waals surface area contributed by atoms with Crippen LogP contribution in [0, 0.1) is 11.8 Å². The number of carbonyl (C=O) groups is 1. The Labute approximate surface area is 160 Å². The summed E-state index contributed by atoms with van der Waals surface area (Å²) in [6.07, 6.45) is -2.94. The number of aromatic nitrogens is 2. The van der Waals surface area contributed by atoms with Crippen LogP contribution in [0.25, 0.3) is 10.8 Å². The summed E-state index contributed by atoms with van der Waals surface area (Å²) in [5.41, 5.74) is -0.325. The van der Waals surface area contributed by atoms with E-state index in [0.29, 0.717) is 30.2 Å². The molecule has 0 bridgehead atoms. The summed E-state index contributed by atoms with van der Waals surface area (Å²) in [7, 11) is 0. The third kappa shape index (κ3) is 4.20. The van der Waals surface area contributed by atoms with Gasteiger partial charge >= 0.3 is 6.18 Å². The topological polar surface area (TPSA) is 64.0 Å². The van der Waals surface area contributed by atoms with E-state index in [1.807, 2.05) is 13.8 Å². The van der Waals surface area contributed by atoms with Crippen molar-refractivity contribution in [1.82, 2.24) is 15.1 Å². The molecule has 1 aromatic heterocycles. The Morgan fingerprint density at radius 1 is 1.21 bits per heavy atom. The Balaban J connectivity index is 1.99. The largest absolute Gasteiger partial charge is 0.393 e. The Morgan fingerprint density at radius 3 is 2.50 bits per heavy atom. The lowest BCUT2D eigenvalue weighted by atomic mass is 9.84. The monoisotopic (exact) mass is 395 g/mol. The van der Waals surface area contributed by atoms with E-state index in [2.05, 4.69) is 10.4 Å². The number of rotatable bonds is 4. The summed E-state index contributed by atoms with van der Waals surface area (Å²) >= 11 is 0. The summed E-state index contributed by atoms with van der Waals surface area (Å²) < 4.78 is 41.3. The predicted molar refractivity (Wildman–Crippen MR) is 100 cm³/mol. The number of hydrogen-bond donors (Lipinski definition) is 1. The highest BCUT2D eigenvalue weighted by atomic mass is 19.4. The molecule has 3 rings (SSSR count). The highest BCUT2D eigenvalue weighted by Crippen LogP contribution is 2.37. The molecule has 0 saturated heterocycles. The van der Waals surface area contributed by atoms with Crippen LogP contribution in [0.2, 0.25) is 0 Å². The normalized spacial score (nSPS) is 20.5. The van der Waals surface area contributed by atoms with Crippen LogP contribution in [-0.2, 0) is 6.54 Å². The smallest absolute Gasteiger partial charge is 0.347 e. The van der Waals surface area contributed by atoms with Crippen LogP contribution >= 0.6 is 0 Å². The second-order valence-electron chi connectivity index (χ2n) is 7.79. The van der Waals surface area contributed by atoms with E-state index in [0.717, 1.165) is 0 Å². The van der Waals surface area contributed by atoms with Gasteiger partial charge in [-0.3, -0.25) is 9.59 Å². The Morgan fingerprint density at radius 2 is 1.86 bits per heavy atom. The van der Waals surface area contributed by atoms with Crippen molar-refractivity contribution in [2.24, 2.45) is 11.8 Å². The standard InChI is InChI=1S/C20H24F3N3O2/c1-12(2)11-26-19(28)14-8-4-3-7-13(14)17(25-26)18(27)24-16-10-6-5-9-15(16)20(21,22)23/h3-4,7-8,12,15-16H,5-6,9-11H2,1-2H3,(H,24,27). The summed E-state index contributed by atoms with van der Waals surface area (Å²) in [4.78, 5) is 25.5. The van der Waals surface area contributed by atoms with Gasteiger partial charge in [-0.2, -0.15) is 18.3 Å². The van der Waals surface area contributed by atoms with Gasteiger partial charge in [-0.15, -0.1) is 0 Å². The van der Waals surface area contributed by atoms with Crippen LogP contribution in [0.3, 0.4) is 0 Å². The summed E-state index contributed by atoms with van der Waals surface area (Å²) in [6.45, 7) is 4.15. The first-order valence-electron chi connectivity index (χ1n) is 9.56. The van der Waals surface area contributed by atoms with Crippen molar-refractivity contribution in [3.63, 3.8) is 0 Å². The molecule has 28 heavy (non-hydrogen) atoms. The molecular formula is C20H24F3N3O2. The van der Waals surface area contributed by atoms with Crippen molar-refractivity contribution >= 4 is 16.7 Å². The van der Waals surface area contributed by atoms with Crippen LogP contribution in [-0.4, -0.2) is 27.9 Å². The van der Waals surface area contributed by atoms with Gasteiger partial charge in [0.05, 0.1) is 11.3 Å². The maximum absolute atomic E-state index is 13.3. The molecule has 2 atom stereocenters. The second kappa shape index (κ2) is 7.93. The lowest BCUT2D eigenvalue weighted by molar-refractivity contribution is -0.187. The number of amides is 1. The molecule has 1 heterocycles. The molecule has 152 valence electrons. The van der Waals surface area contributed by atoms with Crippen molar-refractivity contribution in [1.29, 1.82) is 0 Å². The molecule has 1 amide bonds. The van der Waals surface area contributed by atoms with Crippen LogP contribution in [0.5, 0.6) is 0 Å². The number of nitrogens with zero attached hydrogens (tertiary/aromatic N) is 2. The fourth-order valence-corrected chi connectivity index (χ4v) is 3.80. The number of nitrogens with one attached hydrogen (secondary N) is 1. The molecule has 1 aliphatic rings. The van der Waals surface area contributed by atoms with Gasteiger partial charge in [0.2, 0.25) is 0 Å². The highest BCUT2D eigenvalue weighted by molar-refractivity contribution is 6.04. The Bertz CT molecular complexity index is 921. The molecule has 1 aromatic carbocycles. The summed E-state index contributed by atoms with van der Waals surface area (Å²) in [6, 6.07) is 5.58. The molecule has 2 unspecified atom stereocenters. The molecule has 1 N–H and O–H groups in total. The Hall–Kier alpha value is -2.38. The maximum Gasteiger partial charge on any atom is 0.393 e. The molecule has 1 fully saturated rings. The number of fused-ring (bicyclic) bond motifs is 1. The average molecular weight is 395 g/mol. The van der Waals surface area contributed by atoms with Crippen molar-refractivity contribution in [3.05, 3.63) is 40.3 Å². The van der Waals surface area contributed by atoms with Crippen LogP contribution in [0.4, 0.5) is 13.2 Å². The second-order valence-corrected chi connectivity index (χ2v) is 7.79. The molecule has 8 heteroatoms. The zero-order valence-electron chi connectivity index (χ0n) is 15.9. The lowest BCUT2D eigenvalue weighted by Gasteiger charge is -2.33. The quantitative estimate of drug-likeness (QED) is 0.854. The summed E-state index contributed by atoms with van der Waals surface area (Å²) in [5, 5.41) is 7.44. The molecule has 5 nitrogen and oxygen atoms in total. The minimum absolute atomic E-state index is 0.00940. The lowest BCUT2D eigenvalue weighted by Crippen LogP contribution is -2.48. The maximum atomic E-state index is 13.3. The first kappa shape index (κ1) is 20.4. The van der Waals surface area contributed by atoms with Gasteiger partial charge in [0.15, 0.2) is 5.69 Å². The third-order valence-electron chi connectivity index (χ3n) is 5.12. The first-order valence-corrected chi connectivity index (χ1v) is 9.56.